The molecule has 0 fully saturated rings. The number of anilines is 1. The van der Waals surface area contributed by atoms with Gasteiger partial charge in [0.2, 0.25) is 0 Å². The number of carbonyl (C=O) groups excluding carboxylic acids is 3. The van der Waals surface area contributed by atoms with Gasteiger partial charge in [-0.15, -0.1) is 0 Å². The Morgan fingerprint density at radius 2 is 1.90 bits per heavy atom. The molecule has 2 amide bonds. The van der Waals surface area contributed by atoms with Crippen LogP contribution in [0.25, 0.3) is 0 Å². The van der Waals surface area contributed by atoms with Crippen LogP contribution in [-0.2, 0) is 20.5 Å². The first kappa shape index (κ1) is 23.3. The summed E-state index contributed by atoms with van der Waals surface area (Å²) in [6, 6.07) is 4.26. The fourth-order valence-electron chi connectivity index (χ4n) is 2.33. The Labute approximate surface area is 174 Å². The lowest BCUT2D eigenvalue weighted by Crippen LogP contribution is -2.45. The zero-order valence-electron chi connectivity index (χ0n) is 15.9. The van der Waals surface area contributed by atoms with Crippen LogP contribution in [-0.4, -0.2) is 30.4 Å². The molecule has 1 aromatic carbocycles. The number of benzene rings is 1. The lowest BCUT2D eigenvalue weighted by molar-refractivity contribution is -0.150. The maximum Gasteiger partial charge on any atom is 0.416 e. The van der Waals surface area contributed by atoms with Crippen molar-refractivity contribution in [2.45, 2.75) is 26.1 Å². The minimum atomic E-state index is -4.62. The Kier molecular flexibility index (Phi) is 7.49. The van der Waals surface area contributed by atoms with E-state index in [0.717, 1.165) is 12.1 Å². The topological polar surface area (TPSA) is 97.6 Å². The molecule has 11 heteroatoms. The summed E-state index contributed by atoms with van der Waals surface area (Å²) in [5.41, 5.74) is -1.28. The van der Waals surface area contributed by atoms with Gasteiger partial charge in [0.1, 0.15) is 6.04 Å². The van der Waals surface area contributed by atoms with E-state index in [1.165, 1.54) is 18.4 Å². The minimum absolute atomic E-state index is 0.00891. The summed E-state index contributed by atoms with van der Waals surface area (Å²) in [5.74, 6) is -2.82. The number of nitrogens with one attached hydrogen (secondary N) is 2. The number of halogens is 4. The number of hydrogen-bond donors (Lipinski definition) is 2. The van der Waals surface area contributed by atoms with E-state index >= 15 is 0 Å². The van der Waals surface area contributed by atoms with Crippen molar-refractivity contribution in [3.8, 4) is 0 Å². The zero-order chi connectivity index (χ0) is 22.5. The molecule has 0 aliphatic rings. The van der Waals surface area contributed by atoms with E-state index in [4.69, 9.17) is 20.8 Å². The van der Waals surface area contributed by atoms with Gasteiger partial charge in [0.15, 0.2) is 12.4 Å². The zero-order valence-corrected chi connectivity index (χ0v) is 16.6. The van der Waals surface area contributed by atoms with Gasteiger partial charge in [-0.3, -0.25) is 9.59 Å². The van der Waals surface area contributed by atoms with Crippen LogP contribution < -0.4 is 10.6 Å². The van der Waals surface area contributed by atoms with Gasteiger partial charge in [0, 0.05) is 0 Å². The van der Waals surface area contributed by atoms with Gasteiger partial charge in [-0.1, -0.05) is 25.4 Å². The van der Waals surface area contributed by atoms with E-state index in [1.807, 2.05) is 0 Å². The van der Waals surface area contributed by atoms with Crippen LogP contribution in [0.15, 0.2) is 41.0 Å². The van der Waals surface area contributed by atoms with Gasteiger partial charge in [0.05, 0.1) is 22.5 Å². The van der Waals surface area contributed by atoms with Crippen LogP contribution in [0, 0.1) is 5.92 Å². The van der Waals surface area contributed by atoms with Crippen LogP contribution in [0.4, 0.5) is 18.9 Å². The number of carbonyl (C=O) groups is 3. The van der Waals surface area contributed by atoms with Crippen LogP contribution in [0.3, 0.4) is 0 Å². The summed E-state index contributed by atoms with van der Waals surface area (Å²) in [4.78, 5) is 36.3. The molecule has 2 aromatic rings. The number of furan rings is 1. The summed E-state index contributed by atoms with van der Waals surface area (Å²) in [6.45, 7) is 2.51. The van der Waals surface area contributed by atoms with Crippen LogP contribution in [0.2, 0.25) is 5.02 Å². The molecular weight excluding hydrogens is 429 g/mol. The summed E-state index contributed by atoms with van der Waals surface area (Å²) >= 11 is 5.81. The van der Waals surface area contributed by atoms with Crippen LogP contribution >= 0.6 is 11.6 Å². The molecule has 0 radical (unpaired) electrons. The van der Waals surface area contributed by atoms with Gasteiger partial charge in [-0.25, -0.2) is 4.79 Å². The first-order valence-corrected chi connectivity index (χ1v) is 9.04. The lowest BCUT2D eigenvalue weighted by Gasteiger charge is -2.20. The van der Waals surface area contributed by atoms with E-state index in [0.29, 0.717) is 6.07 Å². The van der Waals surface area contributed by atoms with Crippen LogP contribution in [0.5, 0.6) is 0 Å². The SMILES string of the molecule is CC(C)[C@@H](NC(=O)c1ccco1)C(=O)OCC(=O)Nc1cc(C(F)(F)F)ccc1Cl. The largest absolute Gasteiger partial charge is 0.459 e. The Hall–Kier alpha value is -3.01. The molecule has 1 heterocycles. The molecule has 162 valence electrons. The molecule has 0 aliphatic heterocycles. The van der Waals surface area contributed by atoms with Crippen molar-refractivity contribution in [1.82, 2.24) is 5.32 Å². The standard InChI is InChI=1S/C19H18ClF3N2O5/c1-10(2)16(25-17(27)14-4-3-7-29-14)18(28)30-9-15(26)24-13-8-11(19(21,22)23)5-6-12(13)20/h3-8,10,16H,9H2,1-2H3,(H,24,26)(H,25,27)/t16-/m1/s1. The summed E-state index contributed by atoms with van der Waals surface area (Å²) < 4.78 is 48.2. The quantitative estimate of drug-likeness (QED) is 0.629. The van der Waals surface area contributed by atoms with Crippen molar-refractivity contribution < 1.29 is 36.7 Å². The monoisotopic (exact) mass is 446 g/mol. The highest BCUT2D eigenvalue weighted by Gasteiger charge is 2.31. The minimum Gasteiger partial charge on any atom is -0.459 e. The van der Waals surface area contributed by atoms with Gasteiger partial charge < -0.3 is 19.8 Å². The molecular formula is C19H18ClF3N2O5. The number of esters is 1. The van der Waals surface area contributed by atoms with Gasteiger partial charge in [-0.05, 0) is 36.2 Å². The maximum atomic E-state index is 12.8. The fraction of sp³-hybridized carbons (Fsp3) is 0.316. The molecule has 2 rings (SSSR count). The predicted octanol–water partition coefficient (Wildman–Crippen LogP) is 3.89. The Bertz CT molecular complexity index is 913. The van der Waals surface area contributed by atoms with E-state index in [2.05, 4.69) is 10.6 Å². The molecule has 2 N–H and O–H groups in total. The third-order valence-electron chi connectivity index (χ3n) is 3.87. The average molecular weight is 447 g/mol. The molecule has 30 heavy (non-hydrogen) atoms. The Balaban J connectivity index is 1.97. The molecule has 0 saturated heterocycles. The molecule has 0 spiro atoms. The number of ether oxygens (including phenoxy) is 1. The summed E-state index contributed by atoms with van der Waals surface area (Å²) in [5, 5.41) is 4.48. The highest BCUT2D eigenvalue weighted by molar-refractivity contribution is 6.33. The molecule has 1 aromatic heterocycles. The van der Waals surface area contributed by atoms with Crippen molar-refractivity contribution in [2.75, 3.05) is 11.9 Å². The lowest BCUT2D eigenvalue weighted by atomic mass is 10.0. The predicted molar refractivity (Wildman–Crippen MR) is 101 cm³/mol. The molecule has 0 bridgehead atoms. The highest BCUT2D eigenvalue weighted by atomic mass is 35.5. The van der Waals surface area contributed by atoms with Gasteiger partial charge >= 0.3 is 12.1 Å². The number of amides is 2. The third kappa shape index (κ3) is 6.24. The van der Waals surface area contributed by atoms with Crippen molar-refractivity contribution in [3.63, 3.8) is 0 Å². The average Bonchev–Trinajstić information content (AvgIpc) is 3.19. The first-order valence-electron chi connectivity index (χ1n) is 8.66. The third-order valence-corrected chi connectivity index (χ3v) is 4.20. The first-order chi connectivity index (χ1) is 14.0. The Morgan fingerprint density at radius 3 is 2.47 bits per heavy atom. The maximum absolute atomic E-state index is 12.8. The molecule has 0 aliphatic carbocycles. The van der Waals surface area contributed by atoms with Crippen molar-refractivity contribution in [3.05, 3.63) is 52.9 Å². The number of hydrogen-bond acceptors (Lipinski definition) is 5. The van der Waals surface area contributed by atoms with Crippen molar-refractivity contribution in [2.24, 2.45) is 5.92 Å². The Morgan fingerprint density at radius 1 is 1.20 bits per heavy atom. The van der Waals surface area contributed by atoms with E-state index in [-0.39, 0.29) is 22.4 Å². The normalized spacial score (nSPS) is 12.4. The van der Waals surface area contributed by atoms with Crippen LogP contribution in [0.1, 0.15) is 30.0 Å². The number of rotatable bonds is 7. The van der Waals surface area contributed by atoms with Crippen molar-refractivity contribution in [1.29, 1.82) is 0 Å². The molecule has 1 atom stereocenters. The van der Waals surface area contributed by atoms with Gasteiger partial charge in [-0.2, -0.15) is 13.2 Å². The fourth-order valence-corrected chi connectivity index (χ4v) is 2.49. The molecule has 7 nitrogen and oxygen atoms in total. The van der Waals surface area contributed by atoms with E-state index in [1.54, 1.807) is 13.8 Å². The van der Waals surface area contributed by atoms with E-state index in [9.17, 15) is 27.6 Å². The second-order valence-electron chi connectivity index (χ2n) is 6.52. The highest BCUT2D eigenvalue weighted by Crippen LogP contribution is 2.33. The van der Waals surface area contributed by atoms with E-state index < -0.39 is 42.2 Å². The summed E-state index contributed by atoms with van der Waals surface area (Å²) in [7, 11) is 0. The summed E-state index contributed by atoms with van der Waals surface area (Å²) in [6.07, 6.45) is -3.33. The second-order valence-corrected chi connectivity index (χ2v) is 6.93. The van der Waals surface area contributed by atoms with Gasteiger partial charge in [0.25, 0.3) is 11.8 Å². The second kappa shape index (κ2) is 9.66. The number of alkyl halides is 3. The smallest absolute Gasteiger partial charge is 0.416 e. The van der Waals surface area contributed by atoms with Crippen molar-refractivity contribution >= 4 is 35.1 Å². The molecule has 0 unspecified atom stereocenters. The molecule has 0 saturated carbocycles.